The maximum absolute atomic E-state index is 12.3. The number of carbonyl (C=O) groups is 1. The molecule has 1 unspecified atom stereocenters. The maximum atomic E-state index is 12.3. The number of fused-ring (bicyclic) bond motifs is 1. The van der Waals surface area contributed by atoms with Crippen LogP contribution in [0.5, 0.6) is 5.75 Å². The summed E-state index contributed by atoms with van der Waals surface area (Å²) in [6.07, 6.45) is 3.12. The average Bonchev–Trinajstić information content (AvgIpc) is 2.87. The van der Waals surface area contributed by atoms with Crippen LogP contribution >= 0.6 is 0 Å². The molecule has 1 heterocycles. The number of rotatable bonds is 3. The number of phenols is 1. The summed E-state index contributed by atoms with van der Waals surface area (Å²) in [5.41, 5.74) is 1.65. The lowest BCUT2D eigenvalue weighted by molar-refractivity contribution is -0.112. The van der Waals surface area contributed by atoms with Gasteiger partial charge in [0.05, 0.1) is 0 Å². The second kappa shape index (κ2) is 6.30. The molecule has 2 aromatic carbocycles. The first-order valence-corrected chi connectivity index (χ1v) is 9.10. The molecular formula is C19H14N2O3S. The van der Waals surface area contributed by atoms with E-state index in [4.69, 9.17) is 0 Å². The second-order valence-electron chi connectivity index (χ2n) is 5.50. The Bertz CT molecular complexity index is 1070. The topological polar surface area (TPSA) is 90.2 Å². The second-order valence-corrected chi connectivity index (χ2v) is 7.67. The minimum absolute atomic E-state index is 0.0442. The first-order chi connectivity index (χ1) is 11.9. The lowest BCUT2D eigenvalue weighted by Gasteiger charge is -2.08. The molecule has 0 fully saturated rings. The number of nitrogens with one attached hydrogen (secondary N) is 1. The van der Waals surface area contributed by atoms with Crippen molar-refractivity contribution in [1.29, 1.82) is 5.26 Å². The predicted molar refractivity (Wildman–Crippen MR) is 99.3 cm³/mol. The van der Waals surface area contributed by atoms with Crippen LogP contribution < -0.4 is 5.32 Å². The zero-order valence-electron chi connectivity index (χ0n) is 13.1. The highest BCUT2D eigenvalue weighted by molar-refractivity contribution is 8.03. The maximum Gasteiger partial charge on any atom is 0.266 e. The Balaban J connectivity index is 1.86. The van der Waals surface area contributed by atoms with Gasteiger partial charge in [-0.3, -0.25) is 9.00 Å². The molecule has 0 radical (unpaired) electrons. The molecule has 2 N–H and O–H groups in total. The molecule has 0 aliphatic carbocycles. The van der Waals surface area contributed by atoms with E-state index >= 15 is 0 Å². The summed E-state index contributed by atoms with van der Waals surface area (Å²) in [6, 6.07) is 13.1. The van der Waals surface area contributed by atoms with Crippen LogP contribution in [-0.4, -0.2) is 21.1 Å². The molecule has 0 saturated carbocycles. The van der Waals surface area contributed by atoms with Crippen LogP contribution in [0.3, 0.4) is 0 Å². The Morgan fingerprint density at radius 2 is 2.08 bits per heavy atom. The van der Waals surface area contributed by atoms with E-state index in [1.54, 1.807) is 41.8 Å². The zero-order valence-corrected chi connectivity index (χ0v) is 13.9. The van der Waals surface area contributed by atoms with Gasteiger partial charge in [0.25, 0.3) is 5.91 Å². The van der Waals surface area contributed by atoms with Gasteiger partial charge in [0.1, 0.15) is 17.4 Å². The van der Waals surface area contributed by atoms with Crippen LogP contribution in [0.4, 0.5) is 5.69 Å². The van der Waals surface area contributed by atoms with Crippen molar-refractivity contribution in [2.45, 2.75) is 4.90 Å². The highest BCUT2D eigenvalue weighted by Crippen LogP contribution is 2.29. The number of amides is 1. The number of phenolic OH excluding ortho intramolecular Hbond substituents is 1. The van der Waals surface area contributed by atoms with Gasteiger partial charge in [-0.15, -0.1) is 0 Å². The van der Waals surface area contributed by atoms with Crippen LogP contribution in [0.25, 0.3) is 12.2 Å². The SMILES string of the molecule is C=S1(=O)C=Cc2ccc(NC(=O)/C(C#N)=C/c3cccc(O)c3)cc21. The monoisotopic (exact) mass is 350 g/mol. The average molecular weight is 350 g/mol. The molecule has 1 aliphatic rings. The number of aromatic hydroxyl groups is 1. The molecule has 0 saturated heterocycles. The Morgan fingerprint density at radius 1 is 1.28 bits per heavy atom. The van der Waals surface area contributed by atoms with Gasteiger partial charge in [-0.1, -0.05) is 18.2 Å². The van der Waals surface area contributed by atoms with Gasteiger partial charge in [0.15, 0.2) is 0 Å². The molecule has 1 amide bonds. The largest absolute Gasteiger partial charge is 0.508 e. The Labute approximate surface area is 145 Å². The molecule has 1 atom stereocenters. The fourth-order valence-corrected chi connectivity index (χ4v) is 3.81. The molecule has 25 heavy (non-hydrogen) atoms. The molecule has 5 nitrogen and oxygen atoms in total. The van der Waals surface area contributed by atoms with Crippen molar-refractivity contribution >= 4 is 39.1 Å². The number of nitriles is 1. The van der Waals surface area contributed by atoms with Crippen molar-refractivity contribution in [1.82, 2.24) is 0 Å². The van der Waals surface area contributed by atoms with Gasteiger partial charge < -0.3 is 10.4 Å². The predicted octanol–water partition coefficient (Wildman–Crippen LogP) is 3.00. The molecule has 124 valence electrons. The van der Waals surface area contributed by atoms with Crippen molar-refractivity contribution in [2.24, 2.45) is 0 Å². The van der Waals surface area contributed by atoms with Gasteiger partial charge in [0, 0.05) is 20.1 Å². The molecular weight excluding hydrogens is 336 g/mol. The molecule has 0 spiro atoms. The van der Waals surface area contributed by atoms with Gasteiger partial charge >= 0.3 is 0 Å². The summed E-state index contributed by atoms with van der Waals surface area (Å²) in [5.74, 6) is 3.14. The van der Waals surface area contributed by atoms with E-state index in [1.165, 1.54) is 18.2 Å². The van der Waals surface area contributed by atoms with Crippen molar-refractivity contribution in [3.8, 4) is 11.8 Å². The van der Waals surface area contributed by atoms with Gasteiger partial charge in [-0.25, -0.2) is 0 Å². The standard InChI is InChI=1S/C19H14N2O3S/c1-25(24)8-7-14-5-6-16(11-18(14)25)21-19(23)15(12-20)9-13-3-2-4-17(22)10-13/h2-11,22H,1H2,(H,21,23)/b15-9+. The third-order valence-corrected chi connectivity index (χ3v) is 5.33. The van der Waals surface area contributed by atoms with E-state index in [0.717, 1.165) is 5.56 Å². The molecule has 3 rings (SSSR count). The number of hydrogen-bond donors (Lipinski definition) is 2. The quantitative estimate of drug-likeness (QED) is 0.506. The summed E-state index contributed by atoms with van der Waals surface area (Å²) < 4.78 is 12.3. The summed E-state index contributed by atoms with van der Waals surface area (Å²) in [4.78, 5) is 12.9. The Hall–Kier alpha value is -3.30. The normalized spacial score (nSPS) is 18.4. The first-order valence-electron chi connectivity index (χ1n) is 7.31. The zero-order chi connectivity index (χ0) is 18.0. The van der Waals surface area contributed by atoms with Crippen molar-refractivity contribution in [3.63, 3.8) is 0 Å². The Morgan fingerprint density at radius 3 is 2.80 bits per heavy atom. The molecule has 6 heteroatoms. The van der Waals surface area contributed by atoms with Crippen LogP contribution in [0, 0.1) is 11.3 Å². The minimum Gasteiger partial charge on any atom is -0.508 e. The Kier molecular flexibility index (Phi) is 4.17. The van der Waals surface area contributed by atoms with E-state index in [2.05, 4.69) is 11.2 Å². The lowest BCUT2D eigenvalue weighted by Crippen LogP contribution is -2.13. The minimum atomic E-state index is -2.48. The smallest absolute Gasteiger partial charge is 0.266 e. The van der Waals surface area contributed by atoms with Crippen molar-refractivity contribution < 1.29 is 14.1 Å². The third-order valence-electron chi connectivity index (χ3n) is 3.66. The molecule has 0 bridgehead atoms. The van der Waals surface area contributed by atoms with E-state index < -0.39 is 15.4 Å². The summed E-state index contributed by atoms with van der Waals surface area (Å²) in [6.45, 7) is 0. The third kappa shape index (κ3) is 3.47. The van der Waals surface area contributed by atoms with E-state index in [0.29, 0.717) is 16.1 Å². The molecule has 0 aromatic heterocycles. The van der Waals surface area contributed by atoms with Crippen molar-refractivity contribution in [2.75, 3.05) is 5.32 Å². The number of hydrogen-bond acceptors (Lipinski definition) is 4. The van der Waals surface area contributed by atoms with E-state index in [1.807, 2.05) is 6.07 Å². The molecule has 1 aliphatic heterocycles. The lowest BCUT2D eigenvalue weighted by atomic mass is 10.1. The number of carbonyl (C=O) groups excluding carboxylic acids is 1. The first kappa shape index (κ1) is 16.6. The van der Waals surface area contributed by atoms with E-state index in [9.17, 15) is 19.4 Å². The molecule has 2 aromatic rings. The highest BCUT2D eigenvalue weighted by atomic mass is 32.2. The highest BCUT2D eigenvalue weighted by Gasteiger charge is 2.17. The fourth-order valence-electron chi connectivity index (χ4n) is 2.43. The number of nitrogens with zero attached hydrogens (tertiary/aromatic N) is 1. The van der Waals surface area contributed by atoms with Crippen LogP contribution in [0.15, 0.2) is 58.3 Å². The fraction of sp³-hybridized carbons (Fsp3) is 0. The summed E-state index contributed by atoms with van der Waals surface area (Å²) in [5, 5.41) is 22.9. The van der Waals surface area contributed by atoms with Gasteiger partial charge in [-0.2, -0.15) is 5.26 Å². The van der Waals surface area contributed by atoms with E-state index in [-0.39, 0.29) is 11.3 Å². The number of benzene rings is 2. The summed E-state index contributed by atoms with van der Waals surface area (Å²) >= 11 is 0. The number of anilines is 1. The summed E-state index contributed by atoms with van der Waals surface area (Å²) in [7, 11) is -2.48. The van der Waals surface area contributed by atoms with Crippen LogP contribution in [0.2, 0.25) is 0 Å². The van der Waals surface area contributed by atoms with Crippen LogP contribution in [0.1, 0.15) is 11.1 Å². The van der Waals surface area contributed by atoms with Gasteiger partial charge in [0.2, 0.25) is 0 Å². The van der Waals surface area contributed by atoms with Crippen LogP contribution in [-0.2, 0) is 14.3 Å². The van der Waals surface area contributed by atoms with Crippen molar-refractivity contribution in [3.05, 3.63) is 64.6 Å². The van der Waals surface area contributed by atoms with Gasteiger partial charge in [-0.05, 0) is 58.8 Å².